The number of benzene rings is 1. The van der Waals surface area contributed by atoms with Crippen LogP contribution in [0.3, 0.4) is 0 Å². The number of halogens is 1. The molecule has 1 aromatic carbocycles. The van der Waals surface area contributed by atoms with E-state index in [9.17, 15) is 14.4 Å². The van der Waals surface area contributed by atoms with Crippen molar-refractivity contribution in [1.82, 2.24) is 4.90 Å². The number of rotatable bonds is 11. The van der Waals surface area contributed by atoms with Crippen molar-refractivity contribution in [1.29, 1.82) is 0 Å². The molecule has 3 rings (SSSR count). The molecule has 1 aliphatic rings. The Bertz CT molecular complexity index is 990. The minimum atomic E-state index is -1.01. The Hall–Kier alpha value is -2.65. The molecule has 0 radical (unpaired) electrons. The fourth-order valence-corrected chi connectivity index (χ4v) is 4.51. The van der Waals surface area contributed by atoms with Crippen LogP contribution in [0.15, 0.2) is 45.3 Å². The van der Waals surface area contributed by atoms with Crippen molar-refractivity contribution in [2.45, 2.75) is 58.1 Å². The van der Waals surface area contributed by atoms with Gasteiger partial charge in [0, 0.05) is 20.0 Å². The third-order valence-electron chi connectivity index (χ3n) is 5.80. The summed E-state index contributed by atoms with van der Waals surface area (Å²) < 4.78 is 17.4. The molecule has 2 heterocycles. The number of aliphatic hydroxyl groups is 1. The van der Waals surface area contributed by atoms with Gasteiger partial charge in [-0.3, -0.25) is 9.59 Å². The van der Waals surface area contributed by atoms with E-state index in [0.29, 0.717) is 17.9 Å². The number of imide groups is 1. The first-order valence-electron chi connectivity index (χ1n) is 11.4. The average Bonchev–Trinajstić information content (AvgIpc) is 3.39. The number of cyclic esters (lactones) is 1. The van der Waals surface area contributed by atoms with Gasteiger partial charge in [-0.2, -0.15) is 0 Å². The Morgan fingerprint density at radius 2 is 1.91 bits per heavy atom. The van der Waals surface area contributed by atoms with Gasteiger partial charge in [-0.25, -0.2) is 9.69 Å². The maximum atomic E-state index is 13.5. The second-order valence-corrected chi connectivity index (χ2v) is 9.19. The van der Waals surface area contributed by atoms with Crippen molar-refractivity contribution in [3.8, 4) is 0 Å². The standard InChI is InChI=1S/C25H30BrNO7/c1-16(24(30)27-20(15-32-25(27)31)18-10-6-5-7-11-18)23(33-17(2)29)22-14-19(26)21(34-22)12-8-3-4-9-13-28/h5-7,10-11,14,16,20,23,28H,3-4,8-9,12-13,15H2,1-2H3/t16-,20+,23-/m0/s1. The zero-order valence-corrected chi connectivity index (χ0v) is 21.0. The van der Waals surface area contributed by atoms with Crippen molar-refractivity contribution in [3.63, 3.8) is 0 Å². The third kappa shape index (κ3) is 6.27. The number of amides is 2. The van der Waals surface area contributed by atoms with Crippen molar-refractivity contribution in [3.05, 3.63) is 58.0 Å². The smallest absolute Gasteiger partial charge is 0.417 e. The minimum absolute atomic E-state index is 0.0618. The maximum absolute atomic E-state index is 13.5. The normalized spacial score (nSPS) is 17.4. The molecule has 0 aliphatic carbocycles. The zero-order valence-electron chi connectivity index (χ0n) is 19.4. The predicted molar refractivity (Wildman–Crippen MR) is 127 cm³/mol. The van der Waals surface area contributed by atoms with Gasteiger partial charge in [0.05, 0.1) is 10.4 Å². The first-order chi connectivity index (χ1) is 16.3. The van der Waals surface area contributed by atoms with Crippen LogP contribution in [0.4, 0.5) is 4.79 Å². The van der Waals surface area contributed by atoms with E-state index in [2.05, 4.69) is 15.9 Å². The highest BCUT2D eigenvalue weighted by atomic mass is 79.9. The number of aryl methyl sites for hydroxylation is 1. The quantitative estimate of drug-likeness (QED) is 0.315. The Balaban J connectivity index is 1.79. The highest BCUT2D eigenvalue weighted by molar-refractivity contribution is 9.10. The number of esters is 1. The summed E-state index contributed by atoms with van der Waals surface area (Å²) in [5.74, 6) is -0.945. The summed E-state index contributed by atoms with van der Waals surface area (Å²) >= 11 is 3.49. The monoisotopic (exact) mass is 535 g/mol. The Morgan fingerprint density at radius 1 is 1.21 bits per heavy atom. The van der Waals surface area contributed by atoms with Crippen LogP contribution in [-0.4, -0.2) is 41.2 Å². The van der Waals surface area contributed by atoms with E-state index in [0.717, 1.165) is 40.6 Å². The number of carbonyl (C=O) groups excluding carboxylic acids is 3. The van der Waals surface area contributed by atoms with E-state index in [-0.39, 0.29) is 13.2 Å². The van der Waals surface area contributed by atoms with Gasteiger partial charge >= 0.3 is 12.1 Å². The first-order valence-corrected chi connectivity index (χ1v) is 12.2. The van der Waals surface area contributed by atoms with Crippen LogP contribution in [0.5, 0.6) is 0 Å². The Labute approximate surface area is 207 Å². The average molecular weight is 536 g/mol. The van der Waals surface area contributed by atoms with Crippen LogP contribution in [0.1, 0.15) is 68.8 Å². The van der Waals surface area contributed by atoms with Gasteiger partial charge < -0.3 is 19.0 Å². The zero-order chi connectivity index (χ0) is 24.7. The molecule has 0 unspecified atom stereocenters. The van der Waals surface area contributed by atoms with Gasteiger partial charge in [-0.05, 0) is 47.3 Å². The van der Waals surface area contributed by atoms with Crippen LogP contribution in [0.25, 0.3) is 0 Å². The van der Waals surface area contributed by atoms with E-state index in [4.69, 9.17) is 19.0 Å². The van der Waals surface area contributed by atoms with Crippen molar-refractivity contribution in [2.75, 3.05) is 13.2 Å². The topological polar surface area (TPSA) is 106 Å². The summed E-state index contributed by atoms with van der Waals surface area (Å²) in [6.45, 7) is 3.11. The van der Waals surface area contributed by atoms with Crippen LogP contribution >= 0.6 is 15.9 Å². The van der Waals surface area contributed by atoms with E-state index in [1.165, 1.54) is 6.92 Å². The molecule has 1 aromatic heterocycles. The lowest BCUT2D eigenvalue weighted by molar-refractivity contribution is -0.154. The number of ether oxygens (including phenoxy) is 2. The van der Waals surface area contributed by atoms with Gasteiger partial charge in [0.15, 0.2) is 6.10 Å². The number of nitrogens with zero attached hydrogens (tertiary/aromatic N) is 1. The fourth-order valence-electron chi connectivity index (χ4n) is 4.01. The lowest BCUT2D eigenvalue weighted by atomic mass is 9.98. The van der Waals surface area contributed by atoms with E-state index < -0.39 is 36.0 Å². The molecule has 184 valence electrons. The van der Waals surface area contributed by atoms with Gasteiger partial charge in [-0.15, -0.1) is 0 Å². The lowest BCUT2D eigenvalue weighted by Gasteiger charge is -2.27. The van der Waals surface area contributed by atoms with Crippen molar-refractivity contribution >= 4 is 33.9 Å². The summed E-state index contributed by atoms with van der Waals surface area (Å²) in [6, 6.07) is 10.3. The largest absolute Gasteiger partial charge is 0.461 e. The summed E-state index contributed by atoms with van der Waals surface area (Å²) in [5.41, 5.74) is 0.780. The summed E-state index contributed by atoms with van der Waals surface area (Å²) in [4.78, 5) is 38.9. The van der Waals surface area contributed by atoms with Gasteiger partial charge in [0.2, 0.25) is 5.91 Å². The highest BCUT2D eigenvalue weighted by Gasteiger charge is 2.44. The molecule has 3 atom stereocenters. The highest BCUT2D eigenvalue weighted by Crippen LogP contribution is 2.37. The summed E-state index contributed by atoms with van der Waals surface area (Å²) in [7, 11) is 0. The van der Waals surface area contributed by atoms with Gasteiger partial charge in [0.25, 0.3) is 0 Å². The number of aliphatic hydroxyl groups excluding tert-OH is 1. The molecule has 1 saturated heterocycles. The number of carbonyl (C=O) groups is 3. The van der Waals surface area contributed by atoms with Crippen LogP contribution in [-0.2, 0) is 25.5 Å². The first kappa shape index (κ1) is 26.0. The Kier molecular flexibility index (Phi) is 9.29. The Morgan fingerprint density at radius 3 is 2.59 bits per heavy atom. The van der Waals surface area contributed by atoms with Crippen LogP contribution in [0.2, 0.25) is 0 Å². The molecular formula is C25H30BrNO7. The molecule has 2 amide bonds. The SMILES string of the molecule is CC(=O)O[C@H](c1cc(Br)c(CCCCCCO)o1)[C@H](C)C(=O)N1C(=O)OC[C@@H]1c1ccccc1. The molecule has 34 heavy (non-hydrogen) atoms. The van der Waals surface area contributed by atoms with Gasteiger partial charge in [0.1, 0.15) is 24.2 Å². The van der Waals surface area contributed by atoms with Gasteiger partial charge in [-0.1, -0.05) is 43.2 Å². The van der Waals surface area contributed by atoms with Crippen molar-refractivity contribution in [2.24, 2.45) is 5.92 Å². The molecule has 1 aliphatic heterocycles. The fraction of sp³-hybridized carbons (Fsp3) is 0.480. The molecular weight excluding hydrogens is 506 g/mol. The number of furan rings is 1. The molecule has 1 fully saturated rings. The maximum Gasteiger partial charge on any atom is 0.417 e. The third-order valence-corrected chi connectivity index (χ3v) is 6.47. The second kappa shape index (κ2) is 12.2. The summed E-state index contributed by atoms with van der Waals surface area (Å²) in [6.07, 6.45) is 2.44. The lowest BCUT2D eigenvalue weighted by Crippen LogP contribution is -2.40. The number of hydrogen-bond donors (Lipinski definition) is 1. The van der Waals surface area contributed by atoms with Crippen molar-refractivity contribution < 1.29 is 33.4 Å². The molecule has 9 heteroatoms. The second-order valence-electron chi connectivity index (χ2n) is 8.34. The number of hydrogen-bond acceptors (Lipinski definition) is 7. The van der Waals surface area contributed by atoms with E-state index >= 15 is 0 Å². The predicted octanol–water partition coefficient (Wildman–Crippen LogP) is 5.10. The number of unbranched alkanes of at least 4 members (excludes halogenated alkanes) is 3. The van der Waals surface area contributed by atoms with E-state index in [1.807, 2.05) is 30.3 Å². The van der Waals surface area contributed by atoms with Crippen LogP contribution in [0, 0.1) is 5.92 Å². The molecule has 0 bridgehead atoms. The van der Waals surface area contributed by atoms with Crippen LogP contribution < -0.4 is 0 Å². The molecule has 0 saturated carbocycles. The molecule has 0 spiro atoms. The van der Waals surface area contributed by atoms with E-state index in [1.54, 1.807) is 13.0 Å². The molecule has 8 nitrogen and oxygen atoms in total. The molecule has 2 aromatic rings. The minimum Gasteiger partial charge on any atom is -0.461 e. The molecule has 1 N–H and O–H groups in total. The summed E-state index contributed by atoms with van der Waals surface area (Å²) in [5, 5.41) is 8.91.